The Kier molecular flexibility index (Phi) is 3.53. The minimum Gasteiger partial charge on any atom is -0.314 e. The van der Waals surface area contributed by atoms with Crippen LogP contribution in [-0.4, -0.2) is 32.6 Å². The minimum atomic E-state index is 0.758. The Morgan fingerprint density at radius 1 is 1.20 bits per heavy atom. The van der Waals surface area contributed by atoms with Crippen LogP contribution in [-0.2, 0) is 6.42 Å². The van der Waals surface area contributed by atoms with Gasteiger partial charge in [-0.2, -0.15) is 10.2 Å². The average Bonchev–Trinajstić information content (AvgIpc) is 3.21. The molecule has 0 radical (unpaired) electrons. The standard InChI is InChI=1S/C15H21N5/c1-10-4-7-15(18-17-10)20-12(3)14(11(2)19-20)8-9-16-13-5-6-13/h4,7,13,16H,5-6,8-9H2,1-3H3. The van der Waals surface area contributed by atoms with Gasteiger partial charge in [0.1, 0.15) is 0 Å². The third kappa shape index (κ3) is 2.72. The molecule has 1 saturated carbocycles. The van der Waals surface area contributed by atoms with Crippen molar-refractivity contribution in [1.82, 2.24) is 25.3 Å². The highest BCUT2D eigenvalue weighted by Crippen LogP contribution is 2.20. The molecule has 1 N–H and O–H groups in total. The van der Waals surface area contributed by atoms with Gasteiger partial charge in [-0.15, -0.1) is 5.10 Å². The maximum absolute atomic E-state index is 4.61. The van der Waals surface area contributed by atoms with E-state index < -0.39 is 0 Å². The van der Waals surface area contributed by atoms with Gasteiger partial charge in [0.25, 0.3) is 0 Å². The van der Waals surface area contributed by atoms with E-state index in [0.717, 1.165) is 36.2 Å². The molecule has 0 saturated heterocycles. The maximum atomic E-state index is 4.61. The Bertz CT molecular complexity index is 595. The van der Waals surface area contributed by atoms with Crippen molar-refractivity contribution in [2.24, 2.45) is 0 Å². The largest absolute Gasteiger partial charge is 0.314 e. The number of nitrogens with one attached hydrogen (secondary N) is 1. The molecule has 0 aromatic carbocycles. The summed E-state index contributed by atoms with van der Waals surface area (Å²) < 4.78 is 1.90. The van der Waals surface area contributed by atoms with E-state index in [1.165, 1.54) is 24.1 Å². The molecule has 0 amide bonds. The third-order valence-electron chi connectivity index (χ3n) is 3.83. The molecular weight excluding hydrogens is 250 g/mol. The number of hydrogen-bond acceptors (Lipinski definition) is 4. The van der Waals surface area contributed by atoms with Gasteiger partial charge in [-0.1, -0.05) is 0 Å². The molecule has 106 valence electrons. The van der Waals surface area contributed by atoms with E-state index >= 15 is 0 Å². The topological polar surface area (TPSA) is 55.6 Å². The fraction of sp³-hybridized carbons (Fsp3) is 0.533. The number of hydrogen-bond donors (Lipinski definition) is 1. The van der Waals surface area contributed by atoms with E-state index in [-0.39, 0.29) is 0 Å². The van der Waals surface area contributed by atoms with Crippen LogP contribution in [0, 0.1) is 20.8 Å². The second-order valence-electron chi connectivity index (χ2n) is 5.57. The normalized spacial score (nSPS) is 14.8. The summed E-state index contributed by atoms with van der Waals surface area (Å²) >= 11 is 0. The minimum absolute atomic E-state index is 0.758. The smallest absolute Gasteiger partial charge is 0.175 e. The molecule has 0 spiro atoms. The highest BCUT2D eigenvalue weighted by atomic mass is 15.3. The molecular formula is C15H21N5. The predicted octanol–water partition coefficient (Wildman–Crippen LogP) is 1.88. The van der Waals surface area contributed by atoms with E-state index in [1.807, 2.05) is 23.7 Å². The monoisotopic (exact) mass is 271 g/mol. The fourth-order valence-corrected chi connectivity index (χ4v) is 2.45. The van der Waals surface area contributed by atoms with Gasteiger partial charge >= 0.3 is 0 Å². The molecule has 2 aromatic rings. The summed E-state index contributed by atoms with van der Waals surface area (Å²) in [6, 6.07) is 4.69. The number of nitrogens with zero attached hydrogens (tertiary/aromatic N) is 4. The molecule has 5 heteroatoms. The zero-order chi connectivity index (χ0) is 14.1. The van der Waals surface area contributed by atoms with Crippen molar-refractivity contribution in [1.29, 1.82) is 0 Å². The molecule has 2 heterocycles. The van der Waals surface area contributed by atoms with Gasteiger partial charge in [0.2, 0.25) is 0 Å². The summed E-state index contributed by atoms with van der Waals surface area (Å²) in [4.78, 5) is 0. The molecule has 0 bridgehead atoms. The molecule has 2 aromatic heterocycles. The van der Waals surface area contributed by atoms with Crippen LogP contribution in [0.1, 0.15) is 35.5 Å². The number of aryl methyl sites for hydroxylation is 2. The first-order valence-corrected chi connectivity index (χ1v) is 7.24. The Morgan fingerprint density at radius 2 is 2.00 bits per heavy atom. The van der Waals surface area contributed by atoms with Crippen LogP contribution >= 0.6 is 0 Å². The van der Waals surface area contributed by atoms with Gasteiger partial charge in [-0.25, -0.2) is 4.68 Å². The lowest BCUT2D eigenvalue weighted by atomic mass is 10.1. The Morgan fingerprint density at radius 3 is 2.65 bits per heavy atom. The lowest BCUT2D eigenvalue weighted by Gasteiger charge is -2.05. The number of aromatic nitrogens is 4. The zero-order valence-electron chi connectivity index (χ0n) is 12.3. The quantitative estimate of drug-likeness (QED) is 0.902. The first-order chi connectivity index (χ1) is 9.65. The van der Waals surface area contributed by atoms with E-state index in [1.54, 1.807) is 0 Å². The first kappa shape index (κ1) is 13.2. The second kappa shape index (κ2) is 5.32. The van der Waals surface area contributed by atoms with Crippen LogP contribution in [0.3, 0.4) is 0 Å². The van der Waals surface area contributed by atoms with Crippen LogP contribution in [0.15, 0.2) is 12.1 Å². The Balaban J connectivity index is 1.79. The van der Waals surface area contributed by atoms with Gasteiger partial charge in [-0.3, -0.25) is 0 Å². The molecule has 1 aliphatic rings. The van der Waals surface area contributed by atoms with Gasteiger partial charge in [-0.05, 0) is 64.3 Å². The molecule has 1 fully saturated rings. The van der Waals surface area contributed by atoms with Crippen LogP contribution in [0.2, 0.25) is 0 Å². The van der Waals surface area contributed by atoms with Crippen molar-refractivity contribution in [2.75, 3.05) is 6.54 Å². The van der Waals surface area contributed by atoms with E-state index in [2.05, 4.69) is 34.5 Å². The molecule has 0 atom stereocenters. The molecule has 1 aliphatic carbocycles. The third-order valence-corrected chi connectivity index (χ3v) is 3.83. The summed E-state index contributed by atoms with van der Waals surface area (Å²) in [5.74, 6) is 0.789. The molecule has 5 nitrogen and oxygen atoms in total. The molecule has 0 unspecified atom stereocenters. The van der Waals surface area contributed by atoms with Gasteiger partial charge in [0.15, 0.2) is 5.82 Å². The zero-order valence-corrected chi connectivity index (χ0v) is 12.3. The first-order valence-electron chi connectivity index (χ1n) is 7.24. The van der Waals surface area contributed by atoms with E-state index in [0.29, 0.717) is 0 Å². The van der Waals surface area contributed by atoms with Crippen LogP contribution in [0.25, 0.3) is 5.82 Å². The summed E-state index contributed by atoms with van der Waals surface area (Å²) in [7, 11) is 0. The summed E-state index contributed by atoms with van der Waals surface area (Å²) in [5, 5.41) is 16.5. The van der Waals surface area contributed by atoms with Crippen molar-refractivity contribution in [2.45, 2.75) is 46.1 Å². The highest BCUT2D eigenvalue weighted by molar-refractivity contribution is 5.32. The predicted molar refractivity (Wildman–Crippen MR) is 78.1 cm³/mol. The summed E-state index contributed by atoms with van der Waals surface area (Å²) in [6.07, 6.45) is 3.68. The van der Waals surface area contributed by atoms with Crippen molar-refractivity contribution < 1.29 is 0 Å². The van der Waals surface area contributed by atoms with Gasteiger partial charge in [0.05, 0.1) is 11.4 Å². The van der Waals surface area contributed by atoms with Crippen molar-refractivity contribution in [3.05, 3.63) is 34.8 Å². The Labute approximate surface area is 119 Å². The van der Waals surface area contributed by atoms with Crippen LogP contribution in [0.5, 0.6) is 0 Å². The lowest BCUT2D eigenvalue weighted by molar-refractivity contribution is 0.679. The average molecular weight is 271 g/mol. The molecule has 3 rings (SSSR count). The summed E-state index contributed by atoms with van der Waals surface area (Å²) in [5.41, 5.74) is 4.49. The fourth-order valence-electron chi connectivity index (χ4n) is 2.45. The van der Waals surface area contributed by atoms with Gasteiger partial charge < -0.3 is 5.32 Å². The van der Waals surface area contributed by atoms with E-state index in [4.69, 9.17) is 0 Å². The van der Waals surface area contributed by atoms with Crippen LogP contribution in [0.4, 0.5) is 0 Å². The van der Waals surface area contributed by atoms with Crippen molar-refractivity contribution >= 4 is 0 Å². The molecule has 0 aliphatic heterocycles. The maximum Gasteiger partial charge on any atom is 0.175 e. The van der Waals surface area contributed by atoms with Crippen molar-refractivity contribution in [3.63, 3.8) is 0 Å². The van der Waals surface area contributed by atoms with Crippen LogP contribution < -0.4 is 5.32 Å². The lowest BCUT2D eigenvalue weighted by Crippen LogP contribution is -2.19. The highest BCUT2D eigenvalue weighted by Gasteiger charge is 2.20. The summed E-state index contributed by atoms with van der Waals surface area (Å²) in [6.45, 7) is 7.14. The van der Waals surface area contributed by atoms with Gasteiger partial charge in [0, 0.05) is 11.7 Å². The second-order valence-corrected chi connectivity index (χ2v) is 5.57. The molecule has 20 heavy (non-hydrogen) atoms. The SMILES string of the molecule is Cc1ccc(-n2nc(C)c(CCNC3CC3)c2C)nn1. The number of rotatable bonds is 5. The van der Waals surface area contributed by atoms with Crippen molar-refractivity contribution in [3.8, 4) is 5.82 Å². The van der Waals surface area contributed by atoms with E-state index in [9.17, 15) is 0 Å². The Hall–Kier alpha value is -1.75.